The van der Waals surface area contributed by atoms with Crippen molar-refractivity contribution in [2.24, 2.45) is 4.78 Å². The standard InChI is InChI=1S/C9H21N3O3Si/c1-4-13-9(14-5-2,15-6-3)7-8-16-12-11-10/h4-8,16H2,1-3H3. The predicted octanol–water partition coefficient (Wildman–Crippen LogP) is 1.95. The second kappa shape index (κ2) is 9.62. The molecule has 0 bridgehead atoms. The third kappa shape index (κ3) is 6.09. The molecule has 0 heterocycles. The SMILES string of the molecule is CCOC(CC[SiH2]N=[N+]=[N-])(OCC)OCC. The van der Waals surface area contributed by atoms with Crippen LogP contribution in [0.3, 0.4) is 0 Å². The van der Waals surface area contributed by atoms with Crippen molar-refractivity contribution in [3.63, 3.8) is 0 Å². The number of hydrogen-bond donors (Lipinski definition) is 0. The predicted molar refractivity (Wildman–Crippen MR) is 64.7 cm³/mol. The van der Waals surface area contributed by atoms with Gasteiger partial charge in [0.1, 0.15) is 9.68 Å². The normalized spacial score (nSPS) is 11.9. The Hall–Kier alpha value is -0.593. The first-order chi connectivity index (χ1) is 7.74. The molecule has 0 aliphatic heterocycles. The molecule has 0 saturated carbocycles. The van der Waals surface area contributed by atoms with Crippen molar-refractivity contribution in [2.75, 3.05) is 19.8 Å². The molecule has 0 aliphatic rings. The third-order valence-electron chi connectivity index (χ3n) is 1.90. The summed E-state index contributed by atoms with van der Waals surface area (Å²) in [7, 11) is -0.751. The van der Waals surface area contributed by atoms with Crippen LogP contribution < -0.4 is 0 Å². The molecule has 6 nitrogen and oxygen atoms in total. The second-order valence-electron chi connectivity index (χ2n) is 3.04. The lowest BCUT2D eigenvalue weighted by atomic mass is 10.4. The van der Waals surface area contributed by atoms with Gasteiger partial charge in [0, 0.05) is 26.2 Å². The van der Waals surface area contributed by atoms with Gasteiger partial charge < -0.3 is 14.2 Å². The molecule has 0 aromatic heterocycles. The summed E-state index contributed by atoms with van der Waals surface area (Å²) < 4.78 is 20.2. The van der Waals surface area contributed by atoms with Crippen molar-refractivity contribution in [1.82, 2.24) is 0 Å². The molecular weight excluding hydrogens is 226 g/mol. The van der Waals surface area contributed by atoms with E-state index in [2.05, 4.69) is 9.69 Å². The summed E-state index contributed by atoms with van der Waals surface area (Å²) in [6.07, 6.45) is 0.619. The minimum absolute atomic E-state index is 0.531. The number of hydrogen-bond acceptors (Lipinski definition) is 4. The monoisotopic (exact) mass is 247 g/mol. The van der Waals surface area contributed by atoms with Crippen molar-refractivity contribution in [3.05, 3.63) is 10.4 Å². The molecule has 16 heavy (non-hydrogen) atoms. The molecule has 0 radical (unpaired) electrons. The van der Waals surface area contributed by atoms with Gasteiger partial charge in [0.25, 0.3) is 5.97 Å². The maximum atomic E-state index is 8.21. The van der Waals surface area contributed by atoms with Gasteiger partial charge >= 0.3 is 0 Å². The van der Waals surface area contributed by atoms with Crippen LogP contribution >= 0.6 is 0 Å². The summed E-state index contributed by atoms with van der Waals surface area (Å²) >= 11 is 0. The fraction of sp³-hybridized carbons (Fsp3) is 1.00. The van der Waals surface area contributed by atoms with E-state index in [0.29, 0.717) is 26.2 Å². The smallest absolute Gasteiger partial charge is 0.282 e. The molecule has 0 aliphatic carbocycles. The minimum Gasteiger partial charge on any atom is -0.328 e. The Morgan fingerprint density at radius 2 is 1.62 bits per heavy atom. The molecule has 7 heteroatoms. The van der Waals surface area contributed by atoms with Gasteiger partial charge in [-0.05, 0) is 31.2 Å². The Bertz CT molecular complexity index is 205. The van der Waals surface area contributed by atoms with Gasteiger partial charge in [0.15, 0.2) is 0 Å². The molecular formula is C9H21N3O3Si. The molecule has 0 aromatic rings. The Kier molecular flexibility index (Phi) is 9.26. The first-order valence-electron chi connectivity index (χ1n) is 5.67. The van der Waals surface area contributed by atoms with E-state index >= 15 is 0 Å². The van der Waals surface area contributed by atoms with E-state index in [-0.39, 0.29) is 0 Å². The number of rotatable bonds is 10. The van der Waals surface area contributed by atoms with Gasteiger partial charge in [-0.2, -0.15) is 0 Å². The largest absolute Gasteiger partial charge is 0.328 e. The second-order valence-corrected chi connectivity index (χ2v) is 4.48. The van der Waals surface area contributed by atoms with E-state index in [1.54, 1.807) is 0 Å². The highest BCUT2D eigenvalue weighted by Crippen LogP contribution is 2.22. The average molecular weight is 247 g/mol. The van der Waals surface area contributed by atoms with Crippen LogP contribution in [0, 0.1) is 0 Å². The first kappa shape index (κ1) is 15.4. The highest BCUT2D eigenvalue weighted by atomic mass is 28.2. The maximum Gasteiger partial charge on any atom is 0.282 e. The summed E-state index contributed by atoms with van der Waals surface area (Å²) in [5.41, 5.74) is 8.21. The summed E-state index contributed by atoms with van der Waals surface area (Å²) in [5, 5.41) is 0. The lowest BCUT2D eigenvalue weighted by Gasteiger charge is -2.32. The zero-order valence-corrected chi connectivity index (χ0v) is 11.7. The molecule has 0 atom stereocenters. The third-order valence-corrected chi connectivity index (χ3v) is 2.89. The minimum atomic E-state index is -0.948. The van der Waals surface area contributed by atoms with Crippen LogP contribution in [0.5, 0.6) is 0 Å². The van der Waals surface area contributed by atoms with Gasteiger partial charge in [-0.3, -0.25) is 0 Å². The number of nitrogens with zero attached hydrogens (tertiary/aromatic N) is 3. The van der Waals surface area contributed by atoms with Crippen molar-refractivity contribution in [1.29, 1.82) is 0 Å². The summed E-state index contributed by atoms with van der Waals surface area (Å²) in [6.45, 7) is 7.29. The molecule has 0 N–H and O–H groups in total. The topological polar surface area (TPSA) is 76.5 Å². The van der Waals surface area contributed by atoms with Gasteiger partial charge in [0.05, 0.1) is 0 Å². The van der Waals surface area contributed by atoms with E-state index in [0.717, 1.165) is 6.04 Å². The van der Waals surface area contributed by atoms with Crippen LogP contribution in [0.15, 0.2) is 4.78 Å². The highest BCUT2D eigenvalue weighted by molar-refractivity contribution is 6.32. The van der Waals surface area contributed by atoms with E-state index in [9.17, 15) is 0 Å². The number of azide groups is 1. The molecule has 0 aromatic carbocycles. The summed E-state index contributed by atoms with van der Waals surface area (Å²) in [5.74, 6) is -0.948. The number of ether oxygens (including phenoxy) is 3. The quantitative estimate of drug-likeness (QED) is 0.148. The highest BCUT2D eigenvalue weighted by Gasteiger charge is 2.31. The van der Waals surface area contributed by atoms with E-state index < -0.39 is 15.7 Å². The summed E-state index contributed by atoms with van der Waals surface area (Å²) in [6, 6.07) is 0.810. The molecule has 0 saturated heterocycles. The summed E-state index contributed by atoms with van der Waals surface area (Å²) in [4.78, 5) is 2.76. The Morgan fingerprint density at radius 1 is 1.12 bits per heavy atom. The molecule has 0 fully saturated rings. The lowest BCUT2D eigenvalue weighted by Crippen LogP contribution is -2.39. The van der Waals surface area contributed by atoms with E-state index in [1.165, 1.54) is 0 Å². The van der Waals surface area contributed by atoms with E-state index in [4.69, 9.17) is 19.7 Å². The lowest BCUT2D eigenvalue weighted by molar-refractivity contribution is -0.377. The average Bonchev–Trinajstić information content (AvgIpc) is 2.26. The maximum absolute atomic E-state index is 8.21. The Balaban J connectivity index is 4.27. The fourth-order valence-electron chi connectivity index (χ4n) is 1.41. The van der Waals surface area contributed by atoms with Gasteiger partial charge in [0.2, 0.25) is 0 Å². The molecule has 0 rings (SSSR count). The first-order valence-corrected chi connectivity index (χ1v) is 7.30. The van der Waals surface area contributed by atoms with Crippen LogP contribution in [0.2, 0.25) is 6.04 Å². The Labute approximate surface area is 98.8 Å². The van der Waals surface area contributed by atoms with Crippen LogP contribution in [0.4, 0.5) is 0 Å². The molecule has 0 amide bonds. The molecule has 0 unspecified atom stereocenters. The zero-order valence-electron chi connectivity index (χ0n) is 10.3. The van der Waals surface area contributed by atoms with Crippen LogP contribution in [0.1, 0.15) is 27.2 Å². The van der Waals surface area contributed by atoms with Gasteiger partial charge in [-0.15, -0.1) is 4.78 Å². The van der Waals surface area contributed by atoms with Gasteiger partial charge in [-0.1, -0.05) is 6.04 Å². The molecule has 0 spiro atoms. The van der Waals surface area contributed by atoms with Crippen molar-refractivity contribution in [2.45, 2.75) is 39.2 Å². The van der Waals surface area contributed by atoms with Crippen molar-refractivity contribution < 1.29 is 14.2 Å². The molecule has 94 valence electrons. The zero-order chi connectivity index (χ0) is 12.3. The van der Waals surface area contributed by atoms with Crippen LogP contribution in [-0.2, 0) is 14.2 Å². The van der Waals surface area contributed by atoms with Crippen LogP contribution in [0.25, 0.3) is 10.4 Å². The fourth-order valence-corrected chi connectivity index (χ4v) is 2.23. The van der Waals surface area contributed by atoms with Crippen molar-refractivity contribution in [3.8, 4) is 0 Å². The van der Waals surface area contributed by atoms with Gasteiger partial charge in [-0.25, -0.2) is 0 Å². The van der Waals surface area contributed by atoms with E-state index in [1.807, 2.05) is 20.8 Å². The van der Waals surface area contributed by atoms with Crippen molar-refractivity contribution >= 4 is 9.68 Å². The Morgan fingerprint density at radius 3 is 2.00 bits per heavy atom. The van der Waals surface area contributed by atoms with Crippen LogP contribution in [-0.4, -0.2) is 35.5 Å².